The van der Waals surface area contributed by atoms with Crippen molar-refractivity contribution in [3.63, 3.8) is 0 Å². The Balaban J connectivity index is 2.11. The van der Waals surface area contributed by atoms with Crippen LogP contribution >= 0.6 is 0 Å². The van der Waals surface area contributed by atoms with Crippen molar-refractivity contribution < 1.29 is 24.3 Å². The van der Waals surface area contributed by atoms with Gasteiger partial charge in [0, 0.05) is 5.56 Å². The van der Waals surface area contributed by atoms with Gasteiger partial charge < -0.3 is 9.90 Å². The predicted octanol–water partition coefficient (Wildman–Crippen LogP) is 0.560. The van der Waals surface area contributed by atoms with E-state index in [9.17, 15) is 24.3 Å². The highest BCUT2D eigenvalue weighted by Crippen LogP contribution is 2.31. The molecule has 2 amide bonds. The maximum absolute atomic E-state index is 12.6. The average Bonchev–Trinajstić information content (AvgIpc) is 2.86. The zero-order chi connectivity index (χ0) is 18.1. The van der Waals surface area contributed by atoms with Gasteiger partial charge in [-0.05, 0) is 24.3 Å². The van der Waals surface area contributed by atoms with E-state index in [0.717, 1.165) is 4.90 Å². The quantitative estimate of drug-likeness (QED) is 0.458. The first-order valence-corrected chi connectivity index (χ1v) is 7.19. The molecule has 25 heavy (non-hydrogen) atoms. The summed E-state index contributed by atoms with van der Waals surface area (Å²) in [6, 6.07) is 13.1. The molecule has 0 aromatic heterocycles. The van der Waals surface area contributed by atoms with Gasteiger partial charge in [-0.1, -0.05) is 24.3 Å². The molecule has 1 heterocycles. The first kappa shape index (κ1) is 16.1. The Kier molecular flexibility index (Phi) is 3.87. The molecule has 0 saturated heterocycles. The third-order valence-electron chi connectivity index (χ3n) is 3.83. The number of rotatable bonds is 4. The van der Waals surface area contributed by atoms with E-state index in [1.54, 1.807) is 12.1 Å². The topological polar surface area (TPSA) is 118 Å². The molecule has 0 N–H and O–H groups in total. The second-order valence-corrected chi connectivity index (χ2v) is 5.25. The fraction of sp³-hybridized carbons (Fsp3) is 0.0556. The number of para-hydroxylation sites is 1. The van der Waals surface area contributed by atoms with E-state index in [-0.39, 0.29) is 22.4 Å². The van der Waals surface area contributed by atoms with E-state index < -0.39 is 29.5 Å². The molecule has 0 aliphatic carbocycles. The lowest BCUT2D eigenvalue weighted by Gasteiger charge is -2.19. The Morgan fingerprint density at radius 2 is 1.48 bits per heavy atom. The minimum atomic E-state index is -2.03. The summed E-state index contributed by atoms with van der Waals surface area (Å²) >= 11 is 0. The van der Waals surface area contributed by atoms with Crippen LogP contribution in [0.3, 0.4) is 0 Å². The van der Waals surface area contributed by atoms with Crippen LogP contribution in [0, 0.1) is 17.2 Å². The van der Waals surface area contributed by atoms with Gasteiger partial charge in [0.1, 0.15) is 5.92 Å². The summed E-state index contributed by atoms with van der Waals surface area (Å²) in [7, 11) is 0. The van der Waals surface area contributed by atoms with Crippen LogP contribution in [-0.4, -0.2) is 23.6 Å². The molecule has 122 valence electrons. The number of ketones is 1. The lowest BCUT2D eigenvalue weighted by atomic mass is 9.97. The maximum atomic E-state index is 12.6. The van der Waals surface area contributed by atoms with E-state index in [4.69, 9.17) is 5.26 Å². The van der Waals surface area contributed by atoms with Crippen molar-refractivity contribution in [2.75, 3.05) is 4.90 Å². The third-order valence-corrected chi connectivity index (χ3v) is 3.83. The molecule has 1 aliphatic heterocycles. The summed E-state index contributed by atoms with van der Waals surface area (Å²) in [5, 5.41) is 19.9. The monoisotopic (exact) mass is 333 g/mol. The van der Waals surface area contributed by atoms with E-state index in [1.165, 1.54) is 42.5 Å². The fourth-order valence-corrected chi connectivity index (χ4v) is 2.66. The number of benzene rings is 2. The lowest BCUT2D eigenvalue weighted by molar-refractivity contribution is -0.307. The number of amides is 2. The van der Waals surface area contributed by atoms with Gasteiger partial charge in [-0.15, -0.1) is 0 Å². The van der Waals surface area contributed by atoms with Crippen LogP contribution in [0.5, 0.6) is 0 Å². The standard InChI is InChI=1S/C18H10N2O5/c19-9-13(18(24)25)15(21)12-7-3-4-8-14(12)20-16(22)10-5-1-2-6-11(10)17(20)23/h1-8,13H,(H,24,25)/p-1. The Labute approximate surface area is 141 Å². The van der Waals surface area contributed by atoms with Crippen LogP contribution in [-0.2, 0) is 4.79 Å². The molecule has 0 spiro atoms. The summed E-state index contributed by atoms with van der Waals surface area (Å²) < 4.78 is 0. The molecule has 0 fully saturated rings. The molecule has 2 aromatic carbocycles. The summed E-state index contributed by atoms with van der Waals surface area (Å²) in [6.45, 7) is 0. The van der Waals surface area contributed by atoms with Gasteiger partial charge >= 0.3 is 0 Å². The Hall–Kier alpha value is -3.79. The molecule has 1 atom stereocenters. The number of carboxylic acids is 1. The van der Waals surface area contributed by atoms with Crippen molar-refractivity contribution in [3.05, 3.63) is 65.2 Å². The van der Waals surface area contributed by atoms with Crippen molar-refractivity contribution in [1.29, 1.82) is 5.26 Å². The summed E-state index contributed by atoms with van der Waals surface area (Å²) in [6.07, 6.45) is 0. The first-order chi connectivity index (χ1) is 12.0. The molecular formula is C18H9N2O5-. The molecule has 1 aliphatic rings. The normalized spacial score (nSPS) is 14.0. The zero-order valence-corrected chi connectivity index (χ0v) is 12.6. The molecule has 3 rings (SSSR count). The smallest absolute Gasteiger partial charge is 0.266 e. The van der Waals surface area contributed by atoms with Crippen LogP contribution < -0.4 is 10.0 Å². The number of nitriles is 1. The van der Waals surface area contributed by atoms with E-state index in [1.807, 2.05) is 0 Å². The molecule has 0 saturated carbocycles. The predicted molar refractivity (Wildman–Crippen MR) is 82.5 cm³/mol. The summed E-state index contributed by atoms with van der Waals surface area (Å²) in [5.74, 6) is -6.17. The van der Waals surface area contributed by atoms with Gasteiger partial charge in [0.05, 0.1) is 28.9 Å². The number of anilines is 1. The van der Waals surface area contributed by atoms with E-state index >= 15 is 0 Å². The second-order valence-electron chi connectivity index (χ2n) is 5.25. The number of nitrogens with zero attached hydrogens (tertiary/aromatic N) is 2. The van der Waals surface area contributed by atoms with Crippen molar-refractivity contribution in [1.82, 2.24) is 0 Å². The van der Waals surface area contributed by atoms with Crippen LogP contribution in [0.4, 0.5) is 5.69 Å². The number of hydrogen-bond acceptors (Lipinski definition) is 6. The number of carboxylic acid groups (broad SMARTS) is 1. The van der Waals surface area contributed by atoms with Crippen LogP contribution in [0.15, 0.2) is 48.5 Å². The number of aliphatic carboxylic acids is 1. The minimum absolute atomic E-state index is 0.0693. The summed E-state index contributed by atoms with van der Waals surface area (Å²) in [5.41, 5.74) is 0.0888. The number of carbonyl (C=O) groups is 4. The van der Waals surface area contributed by atoms with Gasteiger partial charge in [-0.25, -0.2) is 4.90 Å². The SMILES string of the molecule is N#CC(C(=O)[O-])C(=O)c1ccccc1N1C(=O)c2ccccc2C1=O. The zero-order valence-electron chi connectivity index (χ0n) is 12.6. The fourth-order valence-electron chi connectivity index (χ4n) is 2.66. The van der Waals surface area contributed by atoms with Crippen LogP contribution in [0.25, 0.3) is 0 Å². The number of fused-ring (bicyclic) bond motifs is 1. The van der Waals surface area contributed by atoms with Gasteiger partial charge in [0.15, 0.2) is 5.78 Å². The summed E-state index contributed by atoms with van der Waals surface area (Å²) in [4.78, 5) is 49.3. The van der Waals surface area contributed by atoms with Crippen LogP contribution in [0.1, 0.15) is 31.1 Å². The first-order valence-electron chi connectivity index (χ1n) is 7.19. The van der Waals surface area contributed by atoms with Crippen molar-refractivity contribution in [2.24, 2.45) is 5.92 Å². The van der Waals surface area contributed by atoms with Gasteiger partial charge in [0.2, 0.25) is 0 Å². The molecular weight excluding hydrogens is 324 g/mol. The molecule has 1 unspecified atom stereocenters. The molecule has 0 radical (unpaired) electrons. The minimum Gasteiger partial charge on any atom is -0.548 e. The molecule has 2 aromatic rings. The highest BCUT2D eigenvalue weighted by atomic mass is 16.4. The number of hydrogen-bond donors (Lipinski definition) is 0. The Morgan fingerprint density at radius 3 is 2.00 bits per heavy atom. The van der Waals surface area contributed by atoms with Crippen molar-refractivity contribution in [3.8, 4) is 6.07 Å². The number of imide groups is 1. The van der Waals surface area contributed by atoms with E-state index in [0.29, 0.717) is 0 Å². The van der Waals surface area contributed by atoms with E-state index in [2.05, 4.69) is 0 Å². The van der Waals surface area contributed by atoms with Crippen LogP contribution in [0.2, 0.25) is 0 Å². The third kappa shape index (κ3) is 2.46. The van der Waals surface area contributed by atoms with Crippen molar-refractivity contribution in [2.45, 2.75) is 0 Å². The van der Waals surface area contributed by atoms with Gasteiger partial charge in [-0.2, -0.15) is 5.26 Å². The van der Waals surface area contributed by atoms with Crippen molar-refractivity contribution >= 4 is 29.3 Å². The highest BCUT2D eigenvalue weighted by molar-refractivity contribution is 6.35. The molecule has 7 nitrogen and oxygen atoms in total. The number of carbonyl (C=O) groups excluding carboxylic acids is 4. The highest BCUT2D eigenvalue weighted by Gasteiger charge is 2.38. The van der Waals surface area contributed by atoms with Gasteiger partial charge in [-0.3, -0.25) is 14.4 Å². The Morgan fingerprint density at radius 1 is 0.960 bits per heavy atom. The largest absolute Gasteiger partial charge is 0.548 e. The van der Waals surface area contributed by atoms with Gasteiger partial charge in [0.25, 0.3) is 11.8 Å². The molecule has 7 heteroatoms. The number of Topliss-reactive ketones (excluding diaryl/α,β-unsaturated/α-hetero) is 1. The Bertz CT molecular complexity index is 938. The average molecular weight is 333 g/mol. The second kappa shape index (κ2) is 6.02. The molecule has 0 bridgehead atoms. The lowest BCUT2D eigenvalue weighted by Crippen LogP contribution is -2.37. The maximum Gasteiger partial charge on any atom is 0.266 e.